The molecule has 4 heteroatoms. The van der Waals surface area contributed by atoms with Gasteiger partial charge in [-0.1, -0.05) is 6.07 Å². The molecule has 0 aliphatic rings. The molecule has 2 unspecified atom stereocenters. The number of hydrogen-bond acceptors (Lipinski definition) is 3. The highest BCUT2D eigenvalue weighted by Gasteiger charge is 2.17. The predicted octanol–water partition coefficient (Wildman–Crippen LogP) is 1.92. The van der Waals surface area contributed by atoms with Gasteiger partial charge >= 0.3 is 0 Å². The van der Waals surface area contributed by atoms with E-state index in [2.05, 4.69) is 5.32 Å². The van der Waals surface area contributed by atoms with Gasteiger partial charge in [0.15, 0.2) is 0 Å². The fraction of sp³-hybridized carbons (Fsp3) is 0.538. The smallest absolute Gasteiger partial charge is 0.130 e. The zero-order valence-electron chi connectivity index (χ0n) is 10.9. The van der Waals surface area contributed by atoms with E-state index < -0.39 is 6.10 Å². The van der Waals surface area contributed by atoms with Crippen molar-refractivity contribution in [2.45, 2.75) is 26.0 Å². The quantitative estimate of drug-likeness (QED) is 0.825. The summed E-state index contributed by atoms with van der Waals surface area (Å²) in [6, 6.07) is 4.95. The largest absolute Gasteiger partial charge is 0.392 e. The highest BCUT2D eigenvalue weighted by atomic mass is 19.1. The van der Waals surface area contributed by atoms with Crippen LogP contribution >= 0.6 is 0 Å². The van der Waals surface area contributed by atoms with Crippen molar-refractivity contribution in [3.63, 3.8) is 0 Å². The molecular formula is C13H21FN2O. The first-order chi connectivity index (χ1) is 7.97. The number of aliphatic hydroxyl groups is 1. The Bertz CT molecular complexity index is 368. The molecule has 0 saturated carbocycles. The normalized spacial score (nSPS) is 14.5. The van der Waals surface area contributed by atoms with Crippen molar-refractivity contribution in [1.29, 1.82) is 0 Å². The number of rotatable bonds is 5. The second kappa shape index (κ2) is 5.98. The summed E-state index contributed by atoms with van der Waals surface area (Å²) in [6.45, 7) is 4.11. The lowest BCUT2D eigenvalue weighted by molar-refractivity contribution is 0.201. The van der Waals surface area contributed by atoms with Crippen molar-refractivity contribution < 1.29 is 9.50 Å². The van der Waals surface area contributed by atoms with Crippen molar-refractivity contribution >= 4 is 5.69 Å². The first-order valence-electron chi connectivity index (χ1n) is 5.82. The van der Waals surface area contributed by atoms with Gasteiger partial charge in [0.05, 0.1) is 6.10 Å². The number of likely N-dealkylation sites (N-methyl/N-ethyl adjacent to an activating group) is 1. The average molecular weight is 240 g/mol. The van der Waals surface area contributed by atoms with Crippen LogP contribution in [0, 0.1) is 5.82 Å². The van der Waals surface area contributed by atoms with Gasteiger partial charge in [-0.3, -0.25) is 0 Å². The van der Waals surface area contributed by atoms with Crippen molar-refractivity contribution in [2.75, 3.05) is 25.5 Å². The second-order valence-electron chi connectivity index (χ2n) is 4.41. The van der Waals surface area contributed by atoms with E-state index in [1.807, 2.05) is 24.9 Å². The van der Waals surface area contributed by atoms with Gasteiger partial charge in [0, 0.05) is 30.9 Å². The van der Waals surface area contributed by atoms with Crippen LogP contribution in [0.2, 0.25) is 0 Å². The van der Waals surface area contributed by atoms with Gasteiger partial charge in [0.25, 0.3) is 0 Å². The fourth-order valence-corrected chi connectivity index (χ4v) is 1.93. The molecule has 2 N–H and O–H groups in total. The minimum absolute atomic E-state index is 0.0670. The van der Waals surface area contributed by atoms with Gasteiger partial charge in [-0.05, 0) is 33.0 Å². The maximum absolute atomic E-state index is 13.9. The summed E-state index contributed by atoms with van der Waals surface area (Å²) in [5.74, 6) is -0.221. The molecule has 3 nitrogen and oxygen atoms in total. The first kappa shape index (κ1) is 13.9. The molecule has 0 aliphatic heterocycles. The third-order valence-corrected chi connectivity index (χ3v) is 2.85. The van der Waals surface area contributed by atoms with Crippen molar-refractivity contribution in [2.24, 2.45) is 0 Å². The van der Waals surface area contributed by atoms with E-state index in [-0.39, 0.29) is 11.9 Å². The third-order valence-electron chi connectivity index (χ3n) is 2.85. The summed E-state index contributed by atoms with van der Waals surface area (Å²) in [5.41, 5.74) is 1.45. The molecular weight excluding hydrogens is 219 g/mol. The van der Waals surface area contributed by atoms with E-state index in [0.29, 0.717) is 12.1 Å². The van der Waals surface area contributed by atoms with Crippen LogP contribution in [0.15, 0.2) is 18.2 Å². The monoisotopic (exact) mass is 240 g/mol. The van der Waals surface area contributed by atoms with Crippen molar-refractivity contribution in [3.05, 3.63) is 29.6 Å². The molecule has 17 heavy (non-hydrogen) atoms. The molecule has 0 saturated heterocycles. The molecule has 0 heterocycles. The summed E-state index contributed by atoms with van der Waals surface area (Å²) < 4.78 is 13.9. The molecule has 1 aromatic rings. The minimum atomic E-state index is -0.444. The number of hydrogen-bond donors (Lipinski definition) is 2. The minimum Gasteiger partial charge on any atom is -0.392 e. The Labute approximate surface area is 102 Å². The maximum Gasteiger partial charge on any atom is 0.130 e. The van der Waals surface area contributed by atoms with Crippen molar-refractivity contribution in [1.82, 2.24) is 5.32 Å². The third kappa shape index (κ3) is 3.41. The number of nitrogens with one attached hydrogen (secondary N) is 1. The van der Waals surface area contributed by atoms with E-state index in [4.69, 9.17) is 0 Å². The Balaban J connectivity index is 3.09. The van der Waals surface area contributed by atoms with Crippen LogP contribution in [0.5, 0.6) is 0 Å². The molecule has 2 atom stereocenters. The van der Waals surface area contributed by atoms with Gasteiger partial charge in [-0.2, -0.15) is 0 Å². The van der Waals surface area contributed by atoms with Crippen LogP contribution in [0.25, 0.3) is 0 Å². The first-order valence-corrected chi connectivity index (χ1v) is 5.82. The lowest BCUT2D eigenvalue weighted by atomic mass is 10.0. The Morgan fingerprint density at radius 2 is 2.06 bits per heavy atom. The predicted molar refractivity (Wildman–Crippen MR) is 68.8 cm³/mol. The Morgan fingerprint density at radius 1 is 1.41 bits per heavy atom. The molecule has 0 bridgehead atoms. The molecule has 0 fully saturated rings. The number of nitrogens with zero attached hydrogens (tertiary/aromatic N) is 1. The van der Waals surface area contributed by atoms with Crippen LogP contribution in [0.4, 0.5) is 10.1 Å². The van der Waals surface area contributed by atoms with Gasteiger partial charge in [-0.15, -0.1) is 0 Å². The molecule has 0 aromatic heterocycles. The number of halogens is 1. The van der Waals surface area contributed by atoms with Crippen LogP contribution in [0.1, 0.15) is 25.5 Å². The zero-order valence-corrected chi connectivity index (χ0v) is 10.9. The lowest BCUT2D eigenvalue weighted by Crippen LogP contribution is -2.29. The topological polar surface area (TPSA) is 35.5 Å². The van der Waals surface area contributed by atoms with Gasteiger partial charge in [-0.25, -0.2) is 4.39 Å². The molecule has 0 amide bonds. The number of benzene rings is 1. The maximum atomic E-state index is 13.9. The Hall–Kier alpha value is -1.13. The van der Waals surface area contributed by atoms with Crippen molar-refractivity contribution in [3.8, 4) is 0 Å². The van der Waals surface area contributed by atoms with Crippen LogP contribution in [0.3, 0.4) is 0 Å². The molecule has 96 valence electrons. The average Bonchev–Trinajstić information content (AvgIpc) is 2.26. The molecule has 0 radical (unpaired) electrons. The van der Waals surface area contributed by atoms with E-state index >= 15 is 0 Å². The Kier molecular flexibility index (Phi) is 4.90. The molecule has 1 rings (SSSR count). The fourth-order valence-electron chi connectivity index (χ4n) is 1.93. The van der Waals surface area contributed by atoms with E-state index in [1.54, 1.807) is 20.0 Å². The van der Waals surface area contributed by atoms with Crippen LogP contribution < -0.4 is 10.2 Å². The van der Waals surface area contributed by atoms with Gasteiger partial charge in [0.2, 0.25) is 0 Å². The number of aliphatic hydroxyl groups excluding tert-OH is 1. The Morgan fingerprint density at radius 3 is 2.59 bits per heavy atom. The molecule has 0 aliphatic carbocycles. The summed E-state index contributed by atoms with van der Waals surface area (Å²) >= 11 is 0. The highest BCUT2D eigenvalue weighted by Crippen LogP contribution is 2.28. The SMILES string of the molecule is CNC(C)c1c(F)cccc1N(C)CC(C)O. The summed E-state index contributed by atoms with van der Waals surface area (Å²) in [5, 5.41) is 12.4. The standard InChI is InChI=1S/C13H21FN2O/c1-9(17)8-16(4)12-7-5-6-11(14)13(12)10(2)15-3/h5-7,9-10,15,17H,8H2,1-4H3. The van der Waals surface area contributed by atoms with E-state index in [0.717, 1.165) is 5.69 Å². The zero-order chi connectivity index (χ0) is 13.0. The molecule has 1 aromatic carbocycles. The van der Waals surface area contributed by atoms with E-state index in [9.17, 15) is 9.50 Å². The van der Waals surface area contributed by atoms with E-state index in [1.165, 1.54) is 6.07 Å². The number of anilines is 1. The second-order valence-corrected chi connectivity index (χ2v) is 4.41. The highest BCUT2D eigenvalue weighted by molar-refractivity contribution is 5.55. The van der Waals surface area contributed by atoms with Gasteiger partial charge in [0.1, 0.15) is 5.82 Å². The van der Waals surface area contributed by atoms with Gasteiger partial charge < -0.3 is 15.3 Å². The molecule has 0 spiro atoms. The van der Waals surface area contributed by atoms with Crippen LogP contribution in [-0.2, 0) is 0 Å². The lowest BCUT2D eigenvalue weighted by Gasteiger charge is -2.26. The van der Waals surface area contributed by atoms with Crippen LogP contribution in [-0.4, -0.2) is 31.9 Å². The summed E-state index contributed by atoms with van der Waals surface area (Å²) in [4.78, 5) is 1.87. The summed E-state index contributed by atoms with van der Waals surface area (Å²) in [7, 11) is 3.66. The summed E-state index contributed by atoms with van der Waals surface area (Å²) in [6.07, 6.45) is -0.444.